The van der Waals surface area contributed by atoms with Crippen LogP contribution in [0.5, 0.6) is 0 Å². The number of esters is 1. The Morgan fingerprint density at radius 2 is 2.14 bits per heavy atom. The molecule has 2 amide bonds. The molecule has 7 nitrogen and oxygen atoms in total. The van der Waals surface area contributed by atoms with Gasteiger partial charge < -0.3 is 9.64 Å². The summed E-state index contributed by atoms with van der Waals surface area (Å²) < 4.78 is 4.73. The Morgan fingerprint density at radius 1 is 1.45 bits per heavy atom. The molecule has 1 heterocycles. The summed E-state index contributed by atoms with van der Waals surface area (Å²) in [7, 11) is 1.29. The minimum absolute atomic E-state index is 0.287. The first-order valence-corrected chi connectivity index (χ1v) is 7.99. The first-order valence-electron chi connectivity index (χ1n) is 7.48. The summed E-state index contributed by atoms with van der Waals surface area (Å²) in [4.78, 5) is 37.6. The number of nitrogens with one attached hydrogen (secondary N) is 1. The molecule has 1 aliphatic heterocycles. The maximum Gasteiger partial charge on any atom is 0.328 e. The van der Waals surface area contributed by atoms with E-state index in [4.69, 9.17) is 9.94 Å². The van der Waals surface area contributed by atoms with Gasteiger partial charge in [-0.1, -0.05) is 19.8 Å². The second kappa shape index (κ2) is 8.99. The van der Waals surface area contributed by atoms with Gasteiger partial charge in [0.25, 0.3) is 5.91 Å². The van der Waals surface area contributed by atoms with Crippen LogP contribution in [0.2, 0.25) is 0 Å². The Hall–Kier alpha value is -1.28. The van der Waals surface area contributed by atoms with E-state index in [9.17, 15) is 14.4 Å². The topological polar surface area (TPSA) is 95.9 Å². The van der Waals surface area contributed by atoms with E-state index in [0.717, 1.165) is 19.3 Å². The summed E-state index contributed by atoms with van der Waals surface area (Å²) in [5, 5.41) is 7.80. The summed E-state index contributed by atoms with van der Waals surface area (Å²) >= 11 is 4.17. The lowest BCUT2D eigenvalue weighted by Crippen LogP contribution is -2.48. The molecule has 0 aliphatic carbocycles. The maximum atomic E-state index is 12.8. The second-order valence-electron chi connectivity index (χ2n) is 5.38. The number of methoxy groups -OCH3 is 1. The molecule has 126 valence electrons. The van der Waals surface area contributed by atoms with Crippen molar-refractivity contribution in [2.24, 2.45) is 5.92 Å². The van der Waals surface area contributed by atoms with E-state index in [0.29, 0.717) is 19.4 Å². The molecule has 0 aromatic heterocycles. The van der Waals surface area contributed by atoms with Crippen molar-refractivity contribution < 1.29 is 24.3 Å². The number of thiol groups is 1. The van der Waals surface area contributed by atoms with E-state index in [2.05, 4.69) is 12.6 Å². The SMILES string of the molecule is CCCC[C@@H](C(=O)N1CCC[C@H]1C(=O)OC)[C@@H](S)C(=O)NO. The average molecular weight is 332 g/mol. The van der Waals surface area contributed by atoms with Crippen molar-refractivity contribution in [3.8, 4) is 0 Å². The first-order chi connectivity index (χ1) is 10.5. The molecular formula is C14H24N2O5S. The van der Waals surface area contributed by atoms with Gasteiger partial charge in [-0.15, -0.1) is 0 Å². The Kier molecular flexibility index (Phi) is 7.67. The van der Waals surface area contributed by atoms with Crippen LogP contribution in [0.1, 0.15) is 39.0 Å². The average Bonchev–Trinajstić information content (AvgIpc) is 3.02. The van der Waals surface area contributed by atoms with Crippen LogP contribution < -0.4 is 5.48 Å². The molecule has 1 saturated heterocycles. The van der Waals surface area contributed by atoms with Gasteiger partial charge in [-0.2, -0.15) is 12.6 Å². The van der Waals surface area contributed by atoms with Crippen molar-refractivity contribution in [1.29, 1.82) is 0 Å². The van der Waals surface area contributed by atoms with E-state index in [1.807, 2.05) is 6.92 Å². The van der Waals surface area contributed by atoms with Crippen LogP contribution in [0.3, 0.4) is 0 Å². The lowest BCUT2D eigenvalue weighted by atomic mass is 9.95. The van der Waals surface area contributed by atoms with Gasteiger partial charge in [0.2, 0.25) is 5.91 Å². The third kappa shape index (κ3) is 4.36. The zero-order chi connectivity index (χ0) is 16.7. The quantitative estimate of drug-likeness (QED) is 0.277. The molecule has 0 bridgehead atoms. The Morgan fingerprint density at radius 3 is 2.68 bits per heavy atom. The number of rotatable bonds is 7. The number of likely N-dealkylation sites (tertiary alicyclic amines) is 1. The summed E-state index contributed by atoms with van der Waals surface area (Å²) in [6, 6.07) is -0.598. The minimum atomic E-state index is -0.956. The highest BCUT2D eigenvalue weighted by Gasteiger charge is 2.40. The third-order valence-corrected chi connectivity index (χ3v) is 4.55. The molecular weight excluding hydrogens is 308 g/mol. The van der Waals surface area contributed by atoms with Crippen LogP contribution in [0.15, 0.2) is 0 Å². The summed E-state index contributed by atoms with van der Waals surface area (Å²) in [6.45, 7) is 2.44. The molecule has 2 N–H and O–H groups in total. The van der Waals surface area contributed by atoms with Gasteiger partial charge in [-0.05, 0) is 19.3 Å². The van der Waals surface area contributed by atoms with Gasteiger partial charge in [0.15, 0.2) is 0 Å². The molecule has 0 aromatic rings. The predicted molar refractivity (Wildman–Crippen MR) is 82.5 cm³/mol. The van der Waals surface area contributed by atoms with E-state index >= 15 is 0 Å². The number of amides is 2. The molecule has 22 heavy (non-hydrogen) atoms. The van der Waals surface area contributed by atoms with Crippen LogP contribution in [0.25, 0.3) is 0 Å². The number of hydroxylamine groups is 1. The van der Waals surface area contributed by atoms with Crippen molar-refractivity contribution in [2.75, 3.05) is 13.7 Å². The maximum absolute atomic E-state index is 12.8. The van der Waals surface area contributed by atoms with Crippen LogP contribution in [-0.4, -0.2) is 52.8 Å². The number of ether oxygens (including phenoxy) is 1. The van der Waals surface area contributed by atoms with Gasteiger partial charge in [0, 0.05) is 6.54 Å². The van der Waals surface area contributed by atoms with Gasteiger partial charge in [0.05, 0.1) is 18.3 Å². The molecule has 8 heteroatoms. The van der Waals surface area contributed by atoms with Gasteiger partial charge in [-0.25, -0.2) is 10.3 Å². The highest BCUT2D eigenvalue weighted by atomic mass is 32.1. The number of unbranched alkanes of at least 4 members (excludes halogenated alkanes) is 1. The Bertz CT molecular complexity index is 418. The van der Waals surface area contributed by atoms with Gasteiger partial charge >= 0.3 is 5.97 Å². The molecule has 3 atom stereocenters. The number of carbonyl (C=O) groups excluding carboxylic acids is 3. The highest BCUT2D eigenvalue weighted by molar-refractivity contribution is 7.81. The van der Waals surface area contributed by atoms with Crippen LogP contribution in [0, 0.1) is 5.92 Å². The van der Waals surface area contributed by atoms with Crippen LogP contribution >= 0.6 is 12.6 Å². The lowest BCUT2D eigenvalue weighted by molar-refractivity contribution is -0.153. The number of nitrogens with zero attached hydrogens (tertiary/aromatic N) is 1. The van der Waals surface area contributed by atoms with Crippen molar-refractivity contribution in [3.63, 3.8) is 0 Å². The van der Waals surface area contributed by atoms with Crippen molar-refractivity contribution in [2.45, 2.75) is 50.3 Å². The molecule has 1 rings (SSSR count). The zero-order valence-electron chi connectivity index (χ0n) is 12.9. The molecule has 0 radical (unpaired) electrons. The zero-order valence-corrected chi connectivity index (χ0v) is 13.8. The molecule has 0 saturated carbocycles. The smallest absolute Gasteiger partial charge is 0.328 e. The fourth-order valence-electron chi connectivity index (χ4n) is 2.71. The van der Waals surface area contributed by atoms with Crippen molar-refractivity contribution >= 4 is 30.4 Å². The van der Waals surface area contributed by atoms with E-state index in [-0.39, 0.29) is 5.91 Å². The third-order valence-electron chi connectivity index (χ3n) is 3.95. The Balaban J connectivity index is 2.90. The second-order valence-corrected chi connectivity index (χ2v) is 5.94. The standard InChI is InChI=1S/C14H24N2O5S/c1-3-4-6-9(11(22)12(17)15-20)13(18)16-8-5-7-10(16)14(19)21-2/h9-11,20,22H,3-8H2,1-2H3,(H,15,17)/t9-,10+,11-/m1/s1. The fraction of sp³-hybridized carbons (Fsp3) is 0.786. The Labute approximate surface area is 135 Å². The van der Waals surface area contributed by atoms with Crippen LogP contribution in [0.4, 0.5) is 0 Å². The minimum Gasteiger partial charge on any atom is -0.467 e. The monoisotopic (exact) mass is 332 g/mol. The summed E-state index contributed by atoms with van der Waals surface area (Å²) in [6.07, 6.45) is 3.37. The van der Waals surface area contributed by atoms with E-state index < -0.39 is 29.1 Å². The van der Waals surface area contributed by atoms with E-state index in [1.54, 1.807) is 0 Å². The van der Waals surface area contributed by atoms with E-state index in [1.165, 1.54) is 17.5 Å². The first kappa shape index (κ1) is 18.8. The largest absolute Gasteiger partial charge is 0.467 e. The molecule has 1 fully saturated rings. The molecule has 1 aliphatic rings. The van der Waals surface area contributed by atoms with Crippen molar-refractivity contribution in [3.05, 3.63) is 0 Å². The summed E-state index contributed by atoms with van der Waals surface area (Å²) in [5.74, 6) is -2.13. The predicted octanol–water partition coefficient (Wildman–Crippen LogP) is 0.761. The molecule has 0 spiro atoms. The highest BCUT2D eigenvalue weighted by Crippen LogP contribution is 2.26. The number of carbonyl (C=O) groups is 3. The normalized spacial score (nSPS) is 20.4. The number of hydrogen-bond donors (Lipinski definition) is 3. The lowest BCUT2D eigenvalue weighted by Gasteiger charge is -2.29. The fourth-order valence-corrected chi connectivity index (χ4v) is 3.05. The molecule has 0 aromatic carbocycles. The van der Waals surface area contributed by atoms with Crippen LogP contribution in [-0.2, 0) is 19.1 Å². The summed E-state index contributed by atoms with van der Waals surface area (Å²) in [5.41, 5.74) is 1.53. The molecule has 0 unspecified atom stereocenters. The number of hydrogen-bond acceptors (Lipinski definition) is 6. The van der Waals surface area contributed by atoms with Gasteiger partial charge in [-0.3, -0.25) is 14.8 Å². The van der Waals surface area contributed by atoms with Crippen molar-refractivity contribution in [1.82, 2.24) is 10.4 Å². The van der Waals surface area contributed by atoms with Gasteiger partial charge in [0.1, 0.15) is 6.04 Å².